The minimum Gasteiger partial charge on any atom is -0.392 e. The molecule has 2 heterocycles. The molecule has 1 aromatic heterocycles. The van der Waals surface area contributed by atoms with Crippen molar-refractivity contribution in [1.29, 1.82) is 0 Å². The molecule has 1 aliphatic rings. The van der Waals surface area contributed by atoms with Gasteiger partial charge in [0, 0.05) is 19.6 Å². The largest absolute Gasteiger partial charge is 0.392 e. The second kappa shape index (κ2) is 5.75. The van der Waals surface area contributed by atoms with Crippen molar-refractivity contribution in [2.75, 3.05) is 6.54 Å². The topological polar surface area (TPSA) is 41.3 Å². The summed E-state index contributed by atoms with van der Waals surface area (Å²) >= 11 is 6.00. The van der Waals surface area contributed by atoms with Crippen molar-refractivity contribution in [3.63, 3.8) is 0 Å². The highest BCUT2D eigenvalue weighted by atomic mass is 35.5. The van der Waals surface area contributed by atoms with Crippen LogP contribution in [0.4, 0.5) is 4.39 Å². The summed E-state index contributed by atoms with van der Waals surface area (Å²) in [4.78, 5) is 6.39. The van der Waals surface area contributed by atoms with Gasteiger partial charge in [0.2, 0.25) is 0 Å². The molecule has 6 heteroatoms. The Morgan fingerprint density at radius 3 is 2.95 bits per heavy atom. The van der Waals surface area contributed by atoms with Crippen LogP contribution in [0.2, 0.25) is 5.15 Å². The van der Waals surface area contributed by atoms with Gasteiger partial charge in [-0.05, 0) is 24.1 Å². The molecule has 4 nitrogen and oxygen atoms in total. The van der Waals surface area contributed by atoms with Crippen molar-refractivity contribution in [2.45, 2.75) is 25.1 Å². The standard InChI is InChI=1S/C15H17ClFN3O/c1-19-14(16)7-18-15(19)9-20-8-12(21)6-13(20)10-3-2-4-11(17)5-10/h2-5,7,12-13,21H,6,8-9H2,1H3/t12-,13+/m1/s1. The summed E-state index contributed by atoms with van der Waals surface area (Å²) in [5.41, 5.74) is 0.881. The van der Waals surface area contributed by atoms with E-state index in [2.05, 4.69) is 9.88 Å². The van der Waals surface area contributed by atoms with Crippen LogP contribution >= 0.6 is 11.6 Å². The highest BCUT2D eigenvalue weighted by Gasteiger charge is 2.32. The Morgan fingerprint density at radius 1 is 1.48 bits per heavy atom. The Morgan fingerprint density at radius 2 is 2.29 bits per heavy atom. The highest BCUT2D eigenvalue weighted by molar-refractivity contribution is 6.29. The minimum absolute atomic E-state index is 0.00817. The summed E-state index contributed by atoms with van der Waals surface area (Å²) in [5.74, 6) is 0.573. The molecule has 0 spiro atoms. The number of benzene rings is 1. The molecule has 0 radical (unpaired) electrons. The van der Waals surface area contributed by atoms with E-state index in [0.717, 1.165) is 11.4 Å². The third-order valence-electron chi connectivity index (χ3n) is 3.99. The number of aromatic nitrogens is 2. The minimum atomic E-state index is -0.408. The fraction of sp³-hybridized carbons (Fsp3) is 0.400. The molecular formula is C15H17ClFN3O. The van der Waals surface area contributed by atoms with Crippen LogP contribution in [0, 0.1) is 5.82 Å². The smallest absolute Gasteiger partial charge is 0.128 e. The van der Waals surface area contributed by atoms with Crippen molar-refractivity contribution in [2.24, 2.45) is 7.05 Å². The Labute approximate surface area is 127 Å². The third kappa shape index (κ3) is 2.95. The normalized spacial score (nSPS) is 22.9. The van der Waals surface area contributed by atoms with Gasteiger partial charge in [0.1, 0.15) is 16.8 Å². The number of likely N-dealkylation sites (tertiary alicyclic amines) is 1. The van der Waals surface area contributed by atoms with Crippen LogP contribution in [-0.2, 0) is 13.6 Å². The van der Waals surface area contributed by atoms with Crippen molar-refractivity contribution < 1.29 is 9.50 Å². The van der Waals surface area contributed by atoms with E-state index in [0.29, 0.717) is 24.7 Å². The van der Waals surface area contributed by atoms with Crippen LogP contribution in [0.25, 0.3) is 0 Å². The zero-order valence-corrected chi connectivity index (χ0v) is 12.5. The lowest BCUT2D eigenvalue weighted by molar-refractivity contribution is 0.171. The monoisotopic (exact) mass is 309 g/mol. The number of β-amino-alcohol motifs (C(OH)–C–C–N with tert-alkyl or cyclic N) is 1. The third-order valence-corrected chi connectivity index (χ3v) is 4.34. The van der Waals surface area contributed by atoms with Gasteiger partial charge in [-0.25, -0.2) is 9.37 Å². The lowest BCUT2D eigenvalue weighted by Crippen LogP contribution is -2.26. The first-order valence-corrected chi connectivity index (χ1v) is 7.26. The van der Waals surface area contributed by atoms with Gasteiger partial charge >= 0.3 is 0 Å². The number of rotatable bonds is 3. The summed E-state index contributed by atoms with van der Waals surface area (Å²) in [6.45, 7) is 1.12. The van der Waals surface area contributed by atoms with Crippen LogP contribution < -0.4 is 0 Å². The van der Waals surface area contributed by atoms with Gasteiger partial charge in [0.25, 0.3) is 0 Å². The predicted octanol–water partition coefficient (Wildman–Crippen LogP) is 2.52. The van der Waals surface area contributed by atoms with Gasteiger partial charge in [-0.15, -0.1) is 0 Å². The molecule has 0 aliphatic carbocycles. The molecule has 112 valence electrons. The van der Waals surface area contributed by atoms with Gasteiger partial charge in [0.15, 0.2) is 0 Å². The van der Waals surface area contributed by atoms with E-state index in [1.54, 1.807) is 12.3 Å². The Balaban J connectivity index is 1.84. The second-order valence-corrected chi connectivity index (χ2v) is 5.83. The van der Waals surface area contributed by atoms with E-state index in [4.69, 9.17) is 11.6 Å². The van der Waals surface area contributed by atoms with Crippen LogP contribution in [0.15, 0.2) is 30.5 Å². The number of nitrogens with zero attached hydrogens (tertiary/aromatic N) is 3. The Kier molecular flexibility index (Phi) is 3.97. The van der Waals surface area contributed by atoms with Crippen molar-refractivity contribution in [3.8, 4) is 0 Å². The molecule has 1 fully saturated rings. The molecule has 0 bridgehead atoms. The lowest BCUT2D eigenvalue weighted by Gasteiger charge is -2.24. The van der Waals surface area contributed by atoms with Crippen LogP contribution in [0.1, 0.15) is 23.9 Å². The first kappa shape index (κ1) is 14.5. The molecular weight excluding hydrogens is 293 g/mol. The fourth-order valence-electron chi connectivity index (χ4n) is 2.87. The van der Waals surface area contributed by atoms with E-state index < -0.39 is 6.10 Å². The van der Waals surface area contributed by atoms with Gasteiger partial charge in [0.05, 0.1) is 18.8 Å². The number of aliphatic hydroxyl groups excluding tert-OH is 1. The van der Waals surface area contributed by atoms with Crippen molar-refractivity contribution in [1.82, 2.24) is 14.5 Å². The molecule has 2 atom stereocenters. The SMILES string of the molecule is Cn1c(Cl)cnc1CN1C[C@H](O)C[C@H]1c1cccc(F)c1. The van der Waals surface area contributed by atoms with E-state index in [1.165, 1.54) is 12.1 Å². The van der Waals surface area contributed by atoms with E-state index in [-0.39, 0.29) is 11.9 Å². The zero-order valence-electron chi connectivity index (χ0n) is 11.7. The molecule has 2 aromatic rings. The molecule has 0 amide bonds. The van der Waals surface area contributed by atoms with Gasteiger partial charge in [-0.1, -0.05) is 23.7 Å². The van der Waals surface area contributed by atoms with Gasteiger partial charge in [-0.2, -0.15) is 0 Å². The fourth-order valence-corrected chi connectivity index (χ4v) is 3.01. The average molecular weight is 310 g/mol. The number of imidazole rings is 1. The summed E-state index contributed by atoms with van der Waals surface area (Å²) in [7, 11) is 1.86. The summed E-state index contributed by atoms with van der Waals surface area (Å²) in [5, 5.41) is 10.5. The number of aliphatic hydroxyl groups is 1. The summed E-state index contributed by atoms with van der Waals surface area (Å²) in [6.07, 6.45) is 1.80. The molecule has 1 N–H and O–H groups in total. The maximum atomic E-state index is 13.4. The van der Waals surface area contributed by atoms with Crippen molar-refractivity contribution in [3.05, 3.63) is 52.8 Å². The van der Waals surface area contributed by atoms with E-state index in [1.807, 2.05) is 17.7 Å². The highest BCUT2D eigenvalue weighted by Crippen LogP contribution is 2.33. The first-order chi connectivity index (χ1) is 10.0. The Bertz CT molecular complexity index is 646. The lowest BCUT2D eigenvalue weighted by atomic mass is 10.0. The molecule has 3 rings (SSSR count). The first-order valence-electron chi connectivity index (χ1n) is 6.88. The molecule has 0 unspecified atom stereocenters. The molecule has 1 aromatic carbocycles. The Hall–Kier alpha value is -1.43. The van der Waals surface area contributed by atoms with E-state index >= 15 is 0 Å². The van der Waals surface area contributed by atoms with Crippen LogP contribution in [0.3, 0.4) is 0 Å². The number of halogens is 2. The average Bonchev–Trinajstić information content (AvgIpc) is 2.96. The molecule has 1 saturated heterocycles. The number of hydrogen-bond acceptors (Lipinski definition) is 3. The van der Waals surface area contributed by atoms with Crippen LogP contribution in [0.5, 0.6) is 0 Å². The summed E-state index contributed by atoms with van der Waals surface area (Å²) < 4.78 is 15.2. The zero-order chi connectivity index (χ0) is 15.0. The van der Waals surface area contributed by atoms with Gasteiger partial charge < -0.3 is 9.67 Å². The second-order valence-electron chi connectivity index (χ2n) is 5.45. The van der Waals surface area contributed by atoms with Gasteiger partial charge in [-0.3, -0.25) is 4.90 Å². The van der Waals surface area contributed by atoms with Crippen LogP contribution in [-0.4, -0.2) is 32.2 Å². The quantitative estimate of drug-likeness (QED) is 0.947. The number of hydrogen-bond donors (Lipinski definition) is 1. The molecule has 21 heavy (non-hydrogen) atoms. The predicted molar refractivity (Wildman–Crippen MR) is 78.4 cm³/mol. The van der Waals surface area contributed by atoms with Crippen molar-refractivity contribution >= 4 is 11.6 Å². The maximum Gasteiger partial charge on any atom is 0.128 e. The maximum absolute atomic E-state index is 13.4. The summed E-state index contributed by atoms with van der Waals surface area (Å²) in [6, 6.07) is 6.54. The molecule has 0 saturated carbocycles. The molecule has 1 aliphatic heterocycles. The van der Waals surface area contributed by atoms with E-state index in [9.17, 15) is 9.50 Å².